The second-order valence-electron chi connectivity index (χ2n) is 4.61. The first kappa shape index (κ1) is 10.4. The molecule has 0 amide bonds. The predicted molar refractivity (Wildman–Crippen MR) is 56.1 cm³/mol. The Morgan fingerprint density at radius 2 is 2.00 bits per heavy atom. The molecule has 2 nitrogen and oxygen atoms in total. The first-order valence-electron chi connectivity index (χ1n) is 5.96. The summed E-state index contributed by atoms with van der Waals surface area (Å²) >= 11 is 0. The quantitative estimate of drug-likeness (QED) is 0.705. The lowest BCUT2D eigenvalue weighted by Gasteiger charge is -2.33. The Hall–Kier alpha value is -0.150. The molecule has 0 aromatic carbocycles. The Kier molecular flexibility index (Phi) is 3.76. The van der Waals surface area contributed by atoms with E-state index in [4.69, 9.17) is 0 Å². The third-order valence-electron chi connectivity index (χ3n) is 3.52. The van der Waals surface area contributed by atoms with Crippen LogP contribution in [-0.4, -0.2) is 31.8 Å². The van der Waals surface area contributed by atoms with Crippen molar-refractivity contribution in [3.8, 4) is 0 Å². The second kappa shape index (κ2) is 5.08. The molecule has 0 radical (unpaired) electrons. The van der Waals surface area contributed by atoms with Crippen molar-refractivity contribution in [3.05, 3.63) is 0 Å². The molecule has 0 bridgehead atoms. The molecule has 2 aliphatic rings. The van der Waals surface area contributed by atoms with E-state index in [0.717, 1.165) is 38.9 Å². The van der Waals surface area contributed by atoms with Crippen molar-refractivity contribution in [3.63, 3.8) is 0 Å². The fourth-order valence-electron chi connectivity index (χ4n) is 2.63. The van der Waals surface area contributed by atoms with Crippen LogP contribution >= 0.6 is 0 Å². The molecular formula is C11H21FN2. The number of halogens is 1. The molecule has 14 heavy (non-hydrogen) atoms. The number of rotatable bonds is 2. The fourth-order valence-corrected chi connectivity index (χ4v) is 2.63. The summed E-state index contributed by atoms with van der Waals surface area (Å²) in [4.78, 5) is 0. The van der Waals surface area contributed by atoms with Gasteiger partial charge in [0.05, 0.1) is 0 Å². The van der Waals surface area contributed by atoms with Crippen LogP contribution in [-0.2, 0) is 0 Å². The minimum Gasteiger partial charge on any atom is -0.316 e. The summed E-state index contributed by atoms with van der Waals surface area (Å²) in [5.74, 6) is 0.249. The number of alkyl halides is 1. The lowest BCUT2D eigenvalue weighted by atomic mass is 9.87. The van der Waals surface area contributed by atoms with E-state index in [-0.39, 0.29) is 12.0 Å². The van der Waals surface area contributed by atoms with E-state index < -0.39 is 6.17 Å². The van der Waals surface area contributed by atoms with Crippen LogP contribution in [0, 0.1) is 5.92 Å². The van der Waals surface area contributed by atoms with E-state index >= 15 is 0 Å². The molecule has 82 valence electrons. The summed E-state index contributed by atoms with van der Waals surface area (Å²) < 4.78 is 14.1. The topological polar surface area (TPSA) is 24.1 Å². The SMILES string of the molecule is FC(C1CCCNC1)C1CCCCN1. The zero-order valence-corrected chi connectivity index (χ0v) is 8.77. The largest absolute Gasteiger partial charge is 0.316 e. The van der Waals surface area contributed by atoms with Crippen LogP contribution < -0.4 is 10.6 Å². The van der Waals surface area contributed by atoms with Crippen LogP contribution in [0.15, 0.2) is 0 Å². The Bertz CT molecular complexity index is 145. The van der Waals surface area contributed by atoms with E-state index in [1.807, 2.05) is 0 Å². The third-order valence-corrected chi connectivity index (χ3v) is 3.52. The Balaban J connectivity index is 1.82. The van der Waals surface area contributed by atoms with Crippen LogP contribution in [0.4, 0.5) is 4.39 Å². The maximum Gasteiger partial charge on any atom is 0.119 e. The molecule has 3 heteroatoms. The first-order chi connectivity index (χ1) is 6.88. The molecule has 2 fully saturated rings. The average molecular weight is 200 g/mol. The van der Waals surface area contributed by atoms with Gasteiger partial charge in [0.2, 0.25) is 0 Å². The van der Waals surface area contributed by atoms with Crippen LogP contribution in [0.5, 0.6) is 0 Å². The zero-order valence-electron chi connectivity index (χ0n) is 8.77. The molecule has 0 spiro atoms. The molecule has 0 aromatic rings. The van der Waals surface area contributed by atoms with Crippen molar-refractivity contribution in [2.24, 2.45) is 5.92 Å². The fraction of sp³-hybridized carbons (Fsp3) is 1.00. The maximum absolute atomic E-state index is 14.1. The lowest BCUT2D eigenvalue weighted by Crippen LogP contribution is -2.47. The highest BCUT2D eigenvalue weighted by molar-refractivity contribution is 4.87. The van der Waals surface area contributed by atoms with Crippen LogP contribution in [0.3, 0.4) is 0 Å². The summed E-state index contributed by atoms with van der Waals surface area (Å²) in [5, 5.41) is 6.60. The smallest absolute Gasteiger partial charge is 0.119 e. The van der Waals surface area contributed by atoms with E-state index in [1.165, 1.54) is 12.8 Å². The molecule has 2 aliphatic heterocycles. The predicted octanol–water partition coefficient (Wildman–Crippen LogP) is 1.47. The van der Waals surface area contributed by atoms with Gasteiger partial charge < -0.3 is 10.6 Å². The summed E-state index contributed by atoms with van der Waals surface area (Å²) in [5.41, 5.74) is 0. The standard InChI is InChI=1S/C11H21FN2/c12-11(9-4-3-6-13-8-9)10-5-1-2-7-14-10/h9-11,13-14H,1-8H2. The van der Waals surface area contributed by atoms with E-state index in [0.29, 0.717) is 0 Å². The molecule has 0 aliphatic carbocycles. The third kappa shape index (κ3) is 2.45. The highest BCUT2D eigenvalue weighted by Gasteiger charge is 2.30. The Labute approximate surface area is 85.6 Å². The van der Waals surface area contributed by atoms with Crippen LogP contribution in [0.2, 0.25) is 0 Å². The van der Waals surface area contributed by atoms with Crippen molar-refractivity contribution >= 4 is 0 Å². The second-order valence-corrected chi connectivity index (χ2v) is 4.61. The minimum atomic E-state index is -0.636. The monoisotopic (exact) mass is 200 g/mol. The summed E-state index contributed by atoms with van der Waals surface area (Å²) in [6.07, 6.45) is 5.00. The lowest BCUT2D eigenvalue weighted by molar-refractivity contribution is 0.130. The summed E-state index contributed by atoms with van der Waals surface area (Å²) in [6, 6.07) is 0.133. The van der Waals surface area contributed by atoms with Crippen molar-refractivity contribution in [2.75, 3.05) is 19.6 Å². The van der Waals surface area contributed by atoms with Crippen molar-refractivity contribution in [1.82, 2.24) is 10.6 Å². The van der Waals surface area contributed by atoms with E-state index in [2.05, 4.69) is 10.6 Å². The number of hydrogen-bond donors (Lipinski definition) is 2. The molecule has 2 rings (SSSR count). The highest BCUT2D eigenvalue weighted by Crippen LogP contribution is 2.23. The molecule has 0 saturated carbocycles. The van der Waals surface area contributed by atoms with Gasteiger partial charge in [0.1, 0.15) is 6.17 Å². The minimum absolute atomic E-state index is 0.133. The Morgan fingerprint density at radius 3 is 2.64 bits per heavy atom. The van der Waals surface area contributed by atoms with Crippen molar-refractivity contribution in [1.29, 1.82) is 0 Å². The zero-order chi connectivity index (χ0) is 9.80. The van der Waals surface area contributed by atoms with Gasteiger partial charge in [0.25, 0.3) is 0 Å². The molecule has 3 atom stereocenters. The van der Waals surface area contributed by atoms with Crippen LogP contribution in [0.1, 0.15) is 32.1 Å². The van der Waals surface area contributed by atoms with Gasteiger partial charge in [-0.2, -0.15) is 0 Å². The molecule has 0 aromatic heterocycles. The van der Waals surface area contributed by atoms with E-state index in [1.54, 1.807) is 0 Å². The number of hydrogen-bond acceptors (Lipinski definition) is 2. The van der Waals surface area contributed by atoms with Gasteiger partial charge in [0, 0.05) is 18.5 Å². The van der Waals surface area contributed by atoms with Crippen molar-refractivity contribution < 1.29 is 4.39 Å². The maximum atomic E-state index is 14.1. The molecule has 2 N–H and O–H groups in total. The molecule has 2 heterocycles. The van der Waals surface area contributed by atoms with Crippen molar-refractivity contribution in [2.45, 2.75) is 44.3 Å². The molecular weight excluding hydrogens is 179 g/mol. The Morgan fingerprint density at radius 1 is 1.07 bits per heavy atom. The van der Waals surface area contributed by atoms with Gasteiger partial charge in [-0.15, -0.1) is 0 Å². The highest BCUT2D eigenvalue weighted by atomic mass is 19.1. The average Bonchev–Trinajstić information content (AvgIpc) is 2.30. The molecule has 2 saturated heterocycles. The van der Waals surface area contributed by atoms with Gasteiger partial charge in [-0.1, -0.05) is 6.42 Å². The van der Waals surface area contributed by atoms with Crippen LogP contribution in [0.25, 0.3) is 0 Å². The summed E-state index contributed by atoms with van der Waals surface area (Å²) in [6.45, 7) is 2.95. The number of nitrogens with one attached hydrogen (secondary N) is 2. The first-order valence-corrected chi connectivity index (χ1v) is 5.96. The molecule has 3 unspecified atom stereocenters. The van der Waals surface area contributed by atoms with E-state index in [9.17, 15) is 4.39 Å². The van der Waals surface area contributed by atoms with Gasteiger partial charge in [-0.05, 0) is 38.8 Å². The van der Waals surface area contributed by atoms with Gasteiger partial charge >= 0.3 is 0 Å². The normalized spacial score (nSPS) is 36.6. The summed E-state index contributed by atoms with van der Waals surface area (Å²) in [7, 11) is 0. The number of piperidine rings is 2. The van der Waals surface area contributed by atoms with Gasteiger partial charge in [0.15, 0.2) is 0 Å². The van der Waals surface area contributed by atoms with Gasteiger partial charge in [-0.25, -0.2) is 4.39 Å². The van der Waals surface area contributed by atoms with Gasteiger partial charge in [-0.3, -0.25) is 0 Å².